The number of halogens is 1. The van der Waals surface area contributed by atoms with Crippen molar-refractivity contribution >= 4 is 28.3 Å². The van der Waals surface area contributed by atoms with Crippen molar-refractivity contribution < 1.29 is 9.18 Å². The number of carbonyl (C=O) groups excluding carboxylic acids is 1. The lowest BCUT2D eigenvalue weighted by molar-refractivity contribution is -0.115. The van der Waals surface area contributed by atoms with Crippen molar-refractivity contribution in [3.05, 3.63) is 60.2 Å². The van der Waals surface area contributed by atoms with Crippen LogP contribution in [-0.4, -0.2) is 29.0 Å². The number of carbonyl (C=O) groups is 1. The van der Waals surface area contributed by atoms with E-state index in [4.69, 9.17) is 0 Å². The van der Waals surface area contributed by atoms with E-state index >= 15 is 0 Å². The quantitative estimate of drug-likeness (QED) is 0.782. The maximum absolute atomic E-state index is 13.7. The zero-order valence-electron chi connectivity index (χ0n) is 14.3. The van der Waals surface area contributed by atoms with Gasteiger partial charge in [-0.25, -0.2) is 14.4 Å². The number of anilines is 2. The average Bonchev–Trinajstić information content (AvgIpc) is 3.17. The van der Waals surface area contributed by atoms with Crippen molar-refractivity contribution in [2.24, 2.45) is 0 Å². The fraction of sp³-hybridized carbons (Fsp3) is 0.250. The maximum Gasteiger partial charge on any atom is 0.228 e. The van der Waals surface area contributed by atoms with E-state index in [9.17, 15) is 9.18 Å². The van der Waals surface area contributed by atoms with Gasteiger partial charge in [0.15, 0.2) is 0 Å². The predicted octanol–water partition coefficient (Wildman–Crippen LogP) is 3.55. The first-order valence-electron chi connectivity index (χ1n) is 8.74. The van der Waals surface area contributed by atoms with Gasteiger partial charge in [-0.1, -0.05) is 18.2 Å². The summed E-state index contributed by atoms with van der Waals surface area (Å²) in [5.74, 6) is 0.276. The Bertz CT molecular complexity index is 953. The van der Waals surface area contributed by atoms with Gasteiger partial charge in [-0.15, -0.1) is 0 Å². The molecule has 3 aromatic rings. The highest BCUT2D eigenvalue weighted by Crippen LogP contribution is 2.28. The molecule has 0 aliphatic carbocycles. The van der Waals surface area contributed by atoms with Gasteiger partial charge in [0.1, 0.15) is 18.0 Å². The van der Waals surface area contributed by atoms with Crippen molar-refractivity contribution in [1.29, 1.82) is 0 Å². The van der Waals surface area contributed by atoms with Crippen LogP contribution >= 0.6 is 0 Å². The Hall–Kier alpha value is -3.02. The monoisotopic (exact) mass is 350 g/mol. The first kappa shape index (κ1) is 16.4. The topological polar surface area (TPSA) is 58.1 Å². The molecule has 1 aliphatic rings. The maximum atomic E-state index is 13.7. The van der Waals surface area contributed by atoms with Crippen LogP contribution in [0.1, 0.15) is 18.4 Å². The van der Waals surface area contributed by atoms with E-state index in [0.717, 1.165) is 42.7 Å². The van der Waals surface area contributed by atoms with Gasteiger partial charge < -0.3 is 10.2 Å². The second kappa shape index (κ2) is 7.07. The van der Waals surface area contributed by atoms with Crippen molar-refractivity contribution in [1.82, 2.24) is 9.97 Å². The molecular formula is C20H19FN4O. The fourth-order valence-corrected chi connectivity index (χ4v) is 3.32. The smallest absolute Gasteiger partial charge is 0.228 e. The Morgan fingerprint density at radius 2 is 1.92 bits per heavy atom. The van der Waals surface area contributed by atoms with Gasteiger partial charge in [0.25, 0.3) is 0 Å². The Balaban J connectivity index is 1.58. The molecule has 6 heteroatoms. The lowest BCUT2D eigenvalue weighted by Crippen LogP contribution is -2.19. The average molecular weight is 350 g/mol. The summed E-state index contributed by atoms with van der Waals surface area (Å²) in [6.45, 7) is 1.96. The zero-order chi connectivity index (χ0) is 17.9. The van der Waals surface area contributed by atoms with Gasteiger partial charge in [-0.2, -0.15) is 0 Å². The first-order valence-corrected chi connectivity index (χ1v) is 8.74. The number of rotatable bonds is 4. The van der Waals surface area contributed by atoms with Crippen LogP contribution in [0.15, 0.2) is 48.8 Å². The van der Waals surface area contributed by atoms with E-state index < -0.39 is 0 Å². The molecule has 0 bridgehead atoms. The highest BCUT2D eigenvalue weighted by molar-refractivity contribution is 5.97. The highest BCUT2D eigenvalue weighted by atomic mass is 19.1. The molecule has 0 radical (unpaired) electrons. The Morgan fingerprint density at radius 1 is 1.12 bits per heavy atom. The standard InChI is InChI=1S/C20H19FN4O/c21-17-6-2-1-5-14(17)11-19(26)24-15-7-8-18-16(12-15)20(23-13-22-18)25-9-3-4-10-25/h1-2,5-8,12-13H,3-4,9-11H2,(H,24,26). The molecule has 0 spiro atoms. The molecule has 1 aromatic heterocycles. The molecular weight excluding hydrogens is 331 g/mol. The van der Waals surface area contributed by atoms with E-state index in [-0.39, 0.29) is 18.1 Å². The van der Waals surface area contributed by atoms with Crippen LogP contribution in [0.4, 0.5) is 15.9 Å². The molecule has 1 N–H and O–H groups in total. The van der Waals surface area contributed by atoms with Crippen molar-refractivity contribution in [2.45, 2.75) is 19.3 Å². The number of hydrogen-bond donors (Lipinski definition) is 1. The number of aromatic nitrogens is 2. The number of nitrogens with zero attached hydrogens (tertiary/aromatic N) is 3. The lowest BCUT2D eigenvalue weighted by atomic mass is 10.1. The van der Waals surface area contributed by atoms with Gasteiger partial charge in [0.05, 0.1) is 11.9 Å². The number of fused-ring (bicyclic) bond motifs is 1. The molecule has 1 aliphatic heterocycles. The summed E-state index contributed by atoms with van der Waals surface area (Å²) in [7, 11) is 0. The summed E-state index contributed by atoms with van der Waals surface area (Å²) in [6, 6.07) is 11.9. The van der Waals surface area contributed by atoms with Gasteiger partial charge in [-0.3, -0.25) is 4.79 Å². The van der Waals surface area contributed by atoms with Crippen LogP contribution < -0.4 is 10.2 Å². The molecule has 26 heavy (non-hydrogen) atoms. The van der Waals surface area contributed by atoms with Gasteiger partial charge >= 0.3 is 0 Å². The minimum Gasteiger partial charge on any atom is -0.356 e. The Morgan fingerprint density at radius 3 is 2.73 bits per heavy atom. The molecule has 1 saturated heterocycles. The van der Waals surface area contributed by atoms with Crippen molar-refractivity contribution in [3.63, 3.8) is 0 Å². The van der Waals surface area contributed by atoms with Crippen LogP contribution in [0.3, 0.4) is 0 Å². The summed E-state index contributed by atoms with van der Waals surface area (Å²) in [6.07, 6.45) is 3.89. The third-order valence-electron chi connectivity index (χ3n) is 4.61. The summed E-state index contributed by atoms with van der Waals surface area (Å²) in [4.78, 5) is 23.3. The van der Waals surface area contributed by atoms with E-state index in [1.54, 1.807) is 24.5 Å². The molecule has 0 atom stereocenters. The molecule has 1 amide bonds. The molecule has 2 aromatic carbocycles. The van der Waals surface area contributed by atoms with E-state index in [1.165, 1.54) is 6.07 Å². The molecule has 0 unspecified atom stereocenters. The Labute approximate surface area is 150 Å². The minimum atomic E-state index is -0.370. The van der Waals surface area contributed by atoms with Crippen LogP contribution in [0.2, 0.25) is 0 Å². The fourth-order valence-electron chi connectivity index (χ4n) is 3.32. The normalized spacial score (nSPS) is 14.0. The highest BCUT2D eigenvalue weighted by Gasteiger charge is 2.17. The molecule has 5 nitrogen and oxygen atoms in total. The predicted molar refractivity (Wildman–Crippen MR) is 99.7 cm³/mol. The number of nitrogens with one attached hydrogen (secondary N) is 1. The zero-order valence-corrected chi connectivity index (χ0v) is 14.3. The minimum absolute atomic E-state index is 0.00498. The van der Waals surface area contributed by atoms with Gasteiger partial charge in [0.2, 0.25) is 5.91 Å². The van der Waals surface area contributed by atoms with Gasteiger partial charge in [0, 0.05) is 24.2 Å². The number of hydrogen-bond acceptors (Lipinski definition) is 4. The summed E-state index contributed by atoms with van der Waals surface area (Å²) in [5, 5.41) is 3.76. The van der Waals surface area contributed by atoms with Crippen LogP contribution in [0.25, 0.3) is 10.9 Å². The second-order valence-electron chi connectivity index (χ2n) is 6.44. The van der Waals surface area contributed by atoms with Crippen LogP contribution in [-0.2, 0) is 11.2 Å². The van der Waals surface area contributed by atoms with E-state index in [1.807, 2.05) is 18.2 Å². The summed E-state index contributed by atoms with van der Waals surface area (Å²) in [5.41, 5.74) is 1.88. The van der Waals surface area contributed by atoms with E-state index in [0.29, 0.717) is 11.3 Å². The van der Waals surface area contributed by atoms with Crippen molar-refractivity contribution in [3.8, 4) is 0 Å². The lowest BCUT2D eigenvalue weighted by Gasteiger charge is -2.18. The second-order valence-corrected chi connectivity index (χ2v) is 6.44. The van der Waals surface area contributed by atoms with E-state index in [2.05, 4.69) is 20.2 Å². The third kappa shape index (κ3) is 3.35. The van der Waals surface area contributed by atoms with Crippen molar-refractivity contribution in [2.75, 3.05) is 23.3 Å². The summed E-state index contributed by atoms with van der Waals surface area (Å²) < 4.78 is 13.7. The Kier molecular flexibility index (Phi) is 4.48. The van der Waals surface area contributed by atoms with Crippen LogP contribution in [0, 0.1) is 5.82 Å². The number of amides is 1. The molecule has 0 saturated carbocycles. The number of benzene rings is 2. The van der Waals surface area contributed by atoms with Crippen LogP contribution in [0.5, 0.6) is 0 Å². The molecule has 2 heterocycles. The molecule has 1 fully saturated rings. The first-order chi connectivity index (χ1) is 12.7. The molecule has 4 rings (SSSR count). The third-order valence-corrected chi connectivity index (χ3v) is 4.61. The largest absolute Gasteiger partial charge is 0.356 e. The van der Waals surface area contributed by atoms with Gasteiger partial charge in [-0.05, 0) is 42.7 Å². The molecule has 132 valence electrons. The SMILES string of the molecule is O=C(Cc1ccccc1F)Nc1ccc2ncnc(N3CCCC3)c2c1. The summed E-state index contributed by atoms with van der Waals surface area (Å²) >= 11 is 0.